The second-order valence-corrected chi connectivity index (χ2v) is 8.64. The predicted octanol–water partition coefficient (Wildman–Crippen LogP) is 3.79. The minimum absolute atomic E-state index is 0.129. The lowest BCUT2D eigenvalue weighted by Gasteiger charge is -2.36. The number of anilines is 1. The summed E-state index contributed by atoms with van der Waals surface area (Å²) < 4.78 is 5.25. The number of amides is 1. The zero-order valence-electron chi connectivity index (χ0n) is 17.0. The van der Waals surface area contributed by atoms with Crippen molar-refractivity contribution in [2.24, 2.45) is 5.92 Å². The van der Waals surface area contributed by atoms with E-state index in [1.165, 1.54) is 18.4 Å². The molecule has 0 bridgehead atoms. The zero-order chi connectivity index (χ0) is 21.1. The van der Waals surface area contributed by atoms with Gasteiger partial charge in [0.2, 0.25) is 5.91 Å². The van der Waals surface area contributed by atoms with Crippen LogP contribution in [0.15, 0.2) is 36.5 Å². The fraction of sp³-hybridized carbons (Fsp3) is 0.455. The van der Waals surface area contributed by atoms with Gasteiger partial charge >= 0.3 is 0 Å². The molecule has 1 atom stereocenters. The molecule has 1 unspecified atom stereocenters. The Morgan fingerprint density at radius 1 is 1.20 bits per heavy atom. The second kappa shape index (κ2) is 9.41. The van der Waals surface area contributed by atoms with Crippen LogP contribution in [0.3, 0.4) is 0 Å². The van der Waals surface area contributed by atoms with Crippen molar-refractivity contribution < 1.29 is 9.53 Å². The van der Waals surface area contributed by atoms with Gasteiger partial charge in [-0.2, -0.15) is 0 Å². The van der Waals surface area contributed by atoms with Crippen LogP contribution in [0.1, 0.15) is 24.4 Å². The highest BCUT2D eigenvalue weighted by molar-refractivity contribution is 6.36. The molecule has 0 radical (unpaired) electrons. The summed E-state index contributed by atoms with van der Waals surface area (Å²) in [6, 6.07) is 10.0. The quantitative estimate of drug-likeness (QED) is 0.697. The number of hydrogen-bond acceptors (Lipinski definition) is 5. The van der Waals surface area contributed by atoms with E-state index in [1.807, 2.05) is 17.0 Å². The monoisotopic (exact) mass is 448 g/mol. The van der Waals surface area contributed by atoms with Gasteiger partial charge in [-0.1, -0.05) is 35.3 Å². The highest BCUT2D eigenvalue weighted by Gasteiger charge is 2.33. The third-order valence-electron chi connectivity index (χ3n) is 5.76. The van der Waals surface area contributed by atoms with Gasteiger partial charge in [0.05, 0.1) is 23.7 Å². The third kappa shape index (κ3) is 4.99. The van der Waals surface area contributed by atoms with Gasteiger partial charge in [-0.25, -0.2) is 4.98 Å². The molecule has 8 heteroatoms. The minimum Gasteiger partial charge on any atom is -0.497 e. The maximum absolute atomic E-state index is 12.8. The lowest BCUT2D eigenvalue weighted by atomic mass is 10.0. The highest BCUT2D eigenvalue weighted by atomic mass is 35.5. The Labute approximate surface area is 187 Å². The summed E-state index contributed by atoms with van der Waals surface area (Å²) in [6.07, 6.45) is 4.00. The molecule has 4 rings (SSSR count). The topological polar surface area (TPSA) is 57.7 Å². The Morgan fingerprint density at radius 3 is 2.50 bits per heavy atom. The standard InChI is InChI=1S/C22H26Cl2N4O2/c1-30-18-6-4-16(5-7-18)21(15-2-3-15)25-14-20(29)27-8-10-28(11-9-27)22-19(24)12-17(23)13-26-22/h4-7,12-13,15,21,25H,2-3,8-11,14H2,1H3. The first-order valence-electron chi connectivity index (χ1n) is 10.3. The summed E-state index contributed by atoms with van der Waals surface area (Å²) >= 11 is 12.2. The van der Waals surface area contributed by atoms with Crippen molar-refractivity contribution in [3.8, 4) is 5.75 Å². The second-order valence-electron chi connectivity index (χ2n) is 7.80. The number of methoxy groups -OCH3 is 1. The molecule has 2 heterocycles. The molecule has 1 aromatic heterocycles. The fourth-order valence-electron chi connectivity index (χ4n) is 3.91. The van der Waals surface area contributed by atoms with E-state index in [0.717, 1.165) is 11.6 Å². The number of halogens is 2. The van der Waals surface area contributed by atoms with Crippen LogP contribution in [0.4, 0.5) is 5.82 Å². The number of aromatic nitrogens is 1. The molecule has 160 valence electrons. The Hall–Kier alpha value is -2.02. The van der Waals surface area contributed by atoms with Gasteiger partial charge in [-0.15, -0.1) is 0 Å². The predicted molar refractivity (Wildman–Crippen MR) is 120 cm³/mol. The van der Waals surface area contributed by atoms with Crippen LogP contribution in [0.5, 0.6) is 5.75 Å². The van der Waals surface area contributed by atoms with Gasteiger partial charge in [0.1, 0.15) is 11.6 Å². The number of piperazine rings is 1. The molecule has 1 amide bonds. The number of pyridine rings is 1. The van der Waals surface area contributed by atoms with Crippen LogP contribution >= 0.6 is 23.2 Å². The number of carbonyl (C=O) groups is 1. The van der Waals surface area contributed by atoms with Crippen molar-refractivity contribution in [2.45, 2.75) is 18.9 Å². The molecule has 1 N–H and O–H groups in total. The molecule has 30 heavy (non-hydrogen) atoms. The molecular weight excluding hydrogens is 423 g/mol. The first-order chi connectivity index (χ1) is 14.5. The van der Waals surface area contributed by atoms with E-state index in [9.17, 15) is 4.79 Å². The number of nitrogens with one attached hydrogen (secondary N) is 1. The number of carbonyl (C=O) groups excluding carboxylic acids is 1. The fourth-order valence-corrected chi connectivity index (χ4v) is 4.41. The summed E-state index contributed by atoms with van der Waals surface area (Å²) in [5, 5.41) is 4.55. The van der Waals surface area contributed by atoms with E-state index in [4.69, 9.17) is 27.9 Å². The summed E-state index contributed by atoms with van der Waals surface area (Å²) in [5.41, 5.74) is 1.21. The van der Waals surface area contributed by atoms with Crippen LogP contribution in [0, 0.1) is 5.92 Å². The molecular formula is C22H26Cl2N4O2. The van der Waals surface area contributed by atoms with E-state index in [-0.39, 0.29) is 11.9 Å². The molecule has 2 aromatic rings. The summed E-state index contributed by atoms with van der Waals surface area (Å²) in [6.45, 7) is 3.04. The molecule has 1 saturated heterocycles. The summed E-state index contributed by atoms with van der Waals surface area (Å²) in [5.74, 6) is 2.29. The van der Waals surface area contributed by atoms with Crippen molar-refractivity contribution in [3.05, 3.63) is 52.1 Å². The number of ether oxygens (including phenoxy) is 1. The van der Waals surface area contributed by atoms with Gasteiger partial charge in [0.15, 0.2) is 0 Å². The number of nitrogens with zero attached hydrogens (tertiary/aromatic N) is 3. The number of rotatable bonds is 7. The first kappa shape index (κ1) is 21.2. The van der Waals surface area contributed by atoms with Crippen LogP contribution < -0.4 is 15.0 Å². The van der Waals surface area contributed by atoms with Crippen LogP contribution in [-0.2, 0) is 4.79 Å². The van der Waals surface area contributed by atoms with Crippen LogP contribution in [-0.4, -0.2) is 55.6 Å². The lowest BCUT2D eigenvalue weighted by Crippen LogP contribution is -2.51. The van der Waals surface area contributed by atoms with E-state index < -0.39 is 0 Å². The Kier molecular flexibility index (Phi) is 6.66. The normalized spacial score (nSPS) is 17.7. The lowest BCUT2D eigenvalue weighted by molar-refractivity contribution is -0.130. The smallest absolute Gasteiger partial charge is 0.236 e. The Bertz CT molecular complexity index is 881. The van der Waals surface area contributed by atoms with Gasteiger partial charge in [-0.05, 0) is 42.5 Å². The van der Waals surface area contributed by atoms with Crippen LogP contribution in [0.2, 0.25) is 10.0 Å². The van der Waals surface area contributed by atoms with Gasteiger partial charge < -0.3 is 19.9 Å². The van der Waals surface area contributed by atoms with E-state index in [1.54, 1.807) is 19.4 Å². The van der Waals surface area contributed by atoms with Gasteiger partial charge in [-0.3, -0.25) is 4.79 Å². The molecule has 1 saturated carbocycles. The van der Waals surface area contributed by atoms with Crippen molar-refractivity contribution in [2.75, 3.05) is 44.7 Å². The third-order valence-corrected chi connectivity index (χ3v) is 6.25. The minimum atomic E-state index is 0.129. The molecule has 0 spiro atoms. The van der Waals surface area contributed by atoms with Crippen molar-refractivity contribution in [3.63, 3.8) is 0 Å². The number of hydrogen-bond donors (Lipinski definition) is 1. The number of benzene rings is 1. The largest absolute Gasteiger partial charge is 0.497 e. The van der Waals surface area contributed by atoms with Crippen molar-refractivity contribution in [1.82, 2.24) is 15.2 Å². The highest BCUT2D eigenvalue weighted by Crippen LogP contribution is 2.41. The van der Waals surface area contributed by atoms with Crippen LogP contribution in [0.25, 0.3) is 0 Å². The summed E-state index contributed by atoms with van der Waals surface area (Å²) in [7, 11) is 1.67. The summed E-state index contributed by atoms with van der Waals surface area (Å²) in [4.78, 5) is 21.1. The molecule has 1 aliphatic heterocycles. The molecule has 1 aliphatic carbocycles. The Morgan fingerprint density at radius 2 is 1.90 bits per heavy atom. The average molecular weight is 449 g/mol. The van der Waals surface area contributed by atoms with E-state index in [0.29, 0.717) is 48.7 Å². The SMILES string of the molecule is COc1ccc(C(NCC(=O)N2CCN(c3ncc(Cl)cc3Cl)CC2)C2CC2)cc1. The maximum Gasteiger partial charge on any atom is 0.236 e. The van der Waals surface area contributed by atoms with E-state index >= 15 is 0 Å². The van der Waals surface area contributed by atoms with Crippen molar-refractivity contribution in [1.29, 1.82) is 0 Å². The molecule has 1 aromatic carbocycles. The van der Waals surface area contributed by atoms with E-state index in [2.05, 4.69) is 27.3 Å². The van der Waals surface area contributed by atoms with Crippen molar-refractivity contribution >= 4 is 34.9 Å². The zero-order valence-corrected chi connectivity index (χ0v) is 18.5. The van der Waals surface area contributed by atoms with Gasteiger partial charge in [0.25, 0.3) is 0 Å². The molecule has 2 aliphatic rings. The maximum atomic E-state index is 12.8. The molecule has 6 nitrogen and oxygen atoms in total. The van der Waals surface area contributed by atoms with Gasteiger partial charge in [0, 0.05) is 38.4 Å². The first-order valence-corrected chi connectivity index (χ1v) is 11.0. The molecule has 2 fully saturated rings. The average Bonchev–Trinajstić information content (AvgIpc) is 3.60. The Balaban J connectivity index is 1.30.